The molecule has 2 aliphatic rings. The molecule has 0 radical (unpaired) electrons. The Balaban J connectivity index is 1.44. The molecule has 1 aromatic heterocycles. The highest BCUT2D eigenvalue weighted by Gasteiger charge is 2.37. The summed E-state index contributed by atoms with van der Waals surface area (Å²) in [6.07, 6.45) is 5.04. The second-order valence-electron chi connectivity index (χ2n) is 9.46. The van der Waals surface area contributed by atoms with Gasteiger partial charge in [0.05, 0.1) is 23.7 Å². The number of aliphatic hydroxyl groups is 1. The maximum atomic E-state index is 11.8. The number of β-amino-alcohol motifs (C(OH)–C–C–N with tert-alkyl or cyclic N) is 1. The predicted molar refractivity (Wildman–Crippen MR) is 135 cm³/mol. The SMILES string of the molecule is CC(Nc1nc(N2CC(C3CCCN(CCO)C3)C2)ncc1C#N)c1ccc(S(C)(=O)=O)cc1Cl. The lowest BCUT2D eigenvalue weighted by Crippen LogP contribution is -2.54. The Morgan fingerprint density at radius 3 is 2.74 bits per heavy atom. The van der Waals surface area contributed by atoms with Gasteiger partial charge in [0.2, 0.25) is 5.95 Å². The smallest absolute Gasteiger partial charge is 0.227 e. The van der Waals surface area contributed by atoms with Crippen molar-refractivity contribution in [3.05, 3.63) is 40.5 Å². The van der Waals surface area contributed by atoms with E-state index in [1.165, 1.54) is 24.8 Å². The molecule has 35 heavy (non-hydrogen) atoms. The fourth-order valence-electron chi connectivity index (χ4n) is 4.88. The van der Waals surface area contributed by atoms with Gasteiger partial charge in [-0.2, -0.15) is 10.2 Å². The summed E-state index contributed by atoms with van der Waals surface area (Å²) in [7, 11) is -3.36. The second-order valence-corrected chi connectivity index (χ2v) is 11.9. The number of benzene rings is 1. The summed E-state index contributed by atoms with van der Waals surface area (Å²) in [5.74, 6) is 2.18. The molecular weight excluding hydrogens is 488 g/mol. The molecule has 0 saturated carbocycles. The number of nitrogens with zero attached hydrogens (tertiary/aromatic N) is 5. The lowest BCUT2D eigenvalue weighted by molar-refractivity contribution is 0.101. The molecule has 2 aromatic rings. The van der Waals surface area contributed by atoms with E-state index in [4.69, 9.17) is 11.6 Å². The number of aromatic nitrogens is 2. The van der Waals surface area contributed by atoms with Crippen molar-refractivity contribution in [3.63, 3.8) is 0 Å². The van der Waals surface area contributed by atoms with Crippen LogP contribution in [0.2, 0.25) is 5.02 Å². The molecule has 9 nitrogen and oxygen atoms in total. The number of nitrogens with one attached hydrogen (secondary N) is 1. The summed E-state index contributed by atoms with van der Waals surface area (Å²) < 4.78 is 23.6. The zero-order chi connectivity index (χ0) is 25.2. The topological polar surface area (TPSA) is 122 Å². The molecule has 0 amide bonds. The van der Waals surface area contributed by atoms with Gasteiger partial charge in [-0.05, 0) is 55.8 Å². The molecule has 2 N–H and O–H groups in total. The van der Waals surface area contributed by atoms with Crippen molar-refractivity contribution in [3.8, 4) is 6.07 Å². The van der Waals surface area contributed by atoms with E-state index in [-0.39, 0.29) is 17.5 Å². The van der Waals surface area contributed by atoms with Crippen LogP contribution in [-0.2, 0) is 9.84 Å². The van der Waals surface area contributed by atoms with Crippen molar-refractivity contribution in [2.75, 3.05) is 55.8 Å². The Labute approximate surface area is 211 Å². The molecule has 0 bridgehead atoms. The van der Waals surface area contributed by atoms with E-state index in [2.05, 4.69) is 31.2 Å². The zero-order valence-electron chi connectivity index (χ0n) is 20.0. The van der Waals surface area contributed by atoms with Crippen LogP contribution >= 0.6 is 11.6 Å². The van der Waals surface area contributed by atoms with E-state index in [1.807, 2.05) is 6.92 Å². The number of halogens is 1. The number of nitriles is 1. The van der Waals surface area contributed by atoms with E-state index < -0.39 is 9.84 Å². The Bertz CT molecular complexity index is 1210. The third-order valence-electron chi connectivity index (χ3n) is 6.93. The Hall–Kier alpha value is -2.45. The molecule has 4 rings (SSSR count). The van der Waals surface area contributed by atoms with Crippen LogP contribution in [0.15, 0.2) is 29.3 Å². The third kappa shape index (κ3) is 5.86. The first-order chi connectivity index (χ1) is 16.7. The van der Waals surface area contributed by atoms with Crippen LogP contribution in [0.5, 0.6) is 0 Å². The number of anilines is 2. The van der Waals surface area contributed by atoms with Gasteiger partial charge in [-0.15, -0.1) is 0 Å². The molecule has 0 spiro atoms. The molecule has 2 fully saturated rings. The summed E-state index contributed by atoms with van der Waals surface area (Å²) in [6.45, 7) is 6.64. The highest BCUT2D eigenvalue weighted by Crippen LogP contribution is 2.34. The van der Waals surface area contributed by atoms with Crippen molar-refractivity contribution in [1.82, 2.24) is 14.9 Å². The molecule has 0 aliphatic carbocycles. The first-order valence-electron chi connectivity index (χ1n) is 11.8. The number of hydrogen-bond acceptors (Lipinski definition) is 9. The molecule has 2 atom stereocenters. The summed E-state index contributed by atoms with van der Waals surface area (Å²) in [6, 6.07) is 6.46. The van der Waals surface area contributed by atoms with E-state index >= 15 is 0 Å². The zero-order valence-corrected chi connectivity index (χ0v) is 21.6. The summed E-state index contributed by atoms with van der Waals surface area (Å²) in [5.41, 5.74) is 1.03. The van der Waals surface area contributed by atoms with Gasteiger partial charge in [0, 0.05) is 37.5 Å². The van der Waals surface area contributed by atoms with E-state index in [9.17, 15) is 18.8 Å². The van der Waals surface area contributed by atoms with E-state index in [0.717, 1.165) is 45.4 Å². The Morgan fingerprint density at radius 1 is 1.31 bits per heavy atom. The third-order valence-corrected chi connectivity index (χ3v) is 8.37. The lowest BCUT2D eigenvalue weighted by atomic mass is 9.81. The second kappa shape index (κ2) is 10.7. The lowest BCUT2D eigenvalue weighted by Gasteiger charge is -2.46. The molecule has 2 unspecified atom stereocenters. The van der Waals surface area contributed by atoms with Crippen molar-refractivity contribution < 1.29 is 13.5 Å². The predicted octanol–water partition coefficient (Wildman–Crippen LogP) is 2.72. The van der Waals surface area contributed by atoms with Crippen LogP contribution in [0.25, 0.3) is 0 Å². The van der Waals surface area contributed by atoms with Crippen LogP contribution in [-0.4, -0.2) is 74.0 Å². The number of rotatable bonds is 8. The Morgan fingerprint density at radius 2 is 2.09 bits per heavy atom. The first-order valence-corrected chi connectivity index (χ1v) is 14.1. The molecule has 3 heterocycles. The highest BCUT2D eigenvalue weighted by molar-refractivity contribution is 7.90. The van der Waals surface area contributed by atoms with Crippen LogP contribution < -0.4 is 10.2 Å². The van der Waals surface area contributed by atoms with Crippen LogP contribution in [0, 0.1) is 23.2 Å². The largest absolute Gasteiger partial charge is 0.395 e. The van der Waals surface area contributed by atoms with Gasteiger partial charge < -0.3 is 20.2 Å². The number of piperidine rings is 1. The quantitative estimate of drug-likeness (QED) is 0.543. The summed E-state index contributed by atoms with van der Waals surface area (Å²) in [5, 5.41) is 22.4. The van der Waals surface area contributed by atoms with E-state index in [1.54, 1.807) is 6.07 Å². The fourth-order valence-corrected chi connectivity index (χ4v) is 5.94. The molecule has 2 aliphatic heterocycles. The summed E-state index contributed by atoms with van der Waals surface area (Å²) in [4.78, 5) is 13.7. The highest BCUT2D eigenvalue weighted by atomic mass is 35.5. The van der Waals surface area contributed by atoms with Gasteiger partial charge in [0.15, 0.2) is 9.84 Å². The monoisotopic (exact) mass is 518 g/mol. The molecule has 11 heteroatoms. The van der Waals surface area contributed by atoms with Gasteiger partial charge in [0.25, 0.3) is 0 Å². The minimum atomic E-state index is -3.36. The van der Waals surface area contributed by atoms with Crippen LogP contribution in [0.3, 0.4) is 0 Å². The van der Waals surface area contributed by atoms with E-state index in [0.29, 0.717) is 39.8 Å². The van der Waals surface area contributed by atoms with Gasteiger partial charge in [-0.25, -0.2) is 13.4 Å². The average molecular weight is 519 g/mol. The summed E-state index contributed by atoms with van der Waals surface area (Å²) >= 11 is 6.38. The van der Waals surface area contributed by atoms with Crippen molar-refractivity contribution in [2.45, 2.75) is 30.7 Å². The number of likely N-dealkylation sites (tertiary alicyclic amines) is 1. The minimum Gasteiger partial charge on any atom is -0.395 e. The Kier molecular flexibility index (Phi) is 7.81. The maximum Gasteiger partial charge on any atom is 0.227 e. The number of aliphatic hydroxyl groups excluding tert-OH is 1. The van der Waals surface area contributed by atoms with Crippen molar-refractivity contribution in [1.29, 1.82) is 5.26 Å². The van der Waals surface area contributed by atoms with Crippen molar-refractivity contribution in [2.24, 2.45) is 11.8 Å². The van der Waals surface area contributed by atoms with Gasteiger partial charge in [-0.1, -0.05) is 17.7 Å². The fraction of sp³-hybridized carbons (Fsp3) is 0.542. The van der Waals surface area contributed by atoms with Crippen molar-refractivity contribution >= 4 is 33.2 Å². The number of sulfone groups is 1. The van der Waals surface area contributed by atoms with Gasteiger partial charge >= 0.3 is 0 Å². The minimum absolute atomic E-state index is 0.158. The number of hydrogen-bond donors (Lipinski definition) is 2. The van der Waals surface area contributed by atoms with Crippen LogP contribution in [0.1, 0.15) is 36.9 Å². The molecule has 2 saturated heterocycles. The molecular formula is C24H31ClN6O3S. The van der Waals surface area contributed by atoms with Gasteiger partial charge in [0.1, 0.15) is 17.5 Å². The average Bonchev–Trinajstić information content (AvgIpc) is 2.78. The molecule has 188 valence electrons. The van der Waals surface area contributed by atoms with Crippen LogP contribution in [0.4, 0.5) is 11.8 Å². The maximum absolute atomic E-state index is 11.8. The van der Waals surface area contributed by atoms with Gasteiger partial charge in [-0.3, -0.25) is 0 Å². The molecule has 1 aromatic carbocycles. The first kappa shape index (κ1) is 25.6. The normalized spacial score (nSPS) is 20.2. The standard InChI is InChI=1S/C24H31ClN6O3S/c1-16(21-6-5-20(10-22(21)25)35(2,33)34)28-23-18(11-26)12-27-24(29-23)31-14-19(15-31)17-4-3-7-30(13-17)8-9-32/h5-6,10,12,16-17,19,32H,3-4,7-9,13-15H2,1-2H3,(H,27,28,29).